The smallest absolute Gasteiger partial charge is 0.179 e. The fraction of sp³-hybridized carbons (Fsp3) is 0.188. The molecule has 0 spiro atoms. The number of hydrogen-bond donors (Lipinski definition) is 1. The highest BCUT2D eigenvalue weighted by Gasteiger charge is 2.29. The fourth-order valence-corrected chi connectivity index (χ4v) is 4.46. The largest absolute Gasteiger partial charge is 0.365 e. The minimum Gasteiger partial charge on any atom is -0.365 e. The predicted octanol–water partition coefficient (Wildman–Crippen LogP) is 1.97. The van der Waals surface area contributed by atoms with E-state index in [1.165, 1.54) is 6.33 Å². The van der Waals surface area contributed by atoms with Gasteiger partial charge >= 0.3 is 0 Å². The third kappa shape index (κ3) is 2.43. The molecule has 6 nitrogen and oxygen atoms in total. The minimum absolute atomic E-state index is 0.153. The molecule has 0 bridgehead atoms. The van der Waals surface area contributed by atoms with Crippen LogP contribution in [0.1, 0.15) is 11.1 Å². The summed E-state index contributed by atoms with van der Waals surface area (Å²) in [6, 6.07) is 7.24. The molecule has 4 rings (SSSR count). The first-order chi connectivity index (χ1) is 11.1. The number of nitrogens with zero attached hydrogens (tertiary/aromatic N) is 3. The number of sulfone groups is 1. The summed E-state index contributed by atoms with van der Waals surface area (Å²) in [7, 11) is -3.17. The average Bonchev–Trinajstić information content (AvgIpc) is 2.89. The fourth-order valence-electron chi connectivity index (χ4n) is 2.91. The van der Waals surface area contributed by atoms with Crippen LogP contribution in [0.25, 0.3) is 10.9 Å². The van der Waals surface area contributed by atoms with Crippen LogP contribution in [0.4, 0.5) is 5.82 Å². The Balaban J connectivity index is 1.80. The molecule has 2 aromatic heterocycles. The molecule has 0 atom stereocenters. The van der Waals surface area contributed by atoms with Crippen molar-refractivity contribution in [2.75, 3.05) is 11.1 Å². The van der Waals surface area contributed by atoms with Gasteiger partial charge in [0.25, 0.3) is 0 Å². The van der Waals surface area contributed by atoms with E-state index in [4.69, 9.17) is 0 Å². The molecule has 23 heavy (non-hydrogen) atoms. The number of pyridine rings is 1. The highest BCUT2D eigenvalue weighted by atomic mass is 32.2. The maximum atomic E-state index is 12.1. The summed E-state index contributed by atoms with van der Waals surface area (Å²) < 4.78 is 24.2. The predicted molar refractivity (Wildman–Crippen MR) is 86.9 cm³/mol. The molecular weight excluding hydrogens is 312 g/mol. The molecule has 0 aliphatic carbocycles. The molecule has 1 aliphatic rings. The number of aryl methyl sites for hydroxylation is 1. The average molecular weight is 326 g/mol. The normalized spacial score (nSPS) is 15.5. The highest BCUT2D eigenvalue weighted by Crippen LogP contribution is 2.34. The molecular formula is C16H14N4O2S. The van der Waals surface area contributed by atoms with E-state index >= 15 is 0 Å². The lowest BCUT2D eigenvalue weighted by Gasteiger charge is -2.11. The van der Waals surface area contributed by atoms with E-state index in [9.17, 15) is 8.42 Å². The Bertz CT molecular complexity index is 988. The van der Waals surface area contributed by atoms with E-state index in [-0.39, 0.29) is 5.75 Å². The van der Waals surface area contributed by atoms with Crippen LogP contribution in [0.2, 0.25) is 0 Å². The quantitative estimate of drug-likeness (QED) is 0.792. The molecule has 0 unspecified atom stereocenters. The van der Waals surface area contributed by atoms with Gasteiger partial charge in [-0.05, 0) is 41.8 Å². The number of aromatic nitrogens is 3. The maximum Gasteiger partial charge on any atom is 0.179 e. The zero-order chi connectivity index (χ0) is 15.9. The number of fused-ring (bicyclic) bond motifs is 3. The summed E-state index contributed by atoms with van der Waals surface area (Å²) in [5.74, 6) is 0.820. The Kier molecular flexibility index (Phi) is 3.23. The molecule has 0 fully saturated rings. The standard InChI is InChI=1S/C16H14N4O2S/c21-23(22)8-5-12-14(23)2-1-13-15(12)16(20-10-19-13)18-9-11-3-6-17-7-4-11/h1-4,6-7,10H,5,8-9H2,(H,18,19,20). The second kappa shape index (κ2) is 5.27. The van der Waals surface area contributed by atoms with Crippen molar-refractivity contribution >= 4 is 26.6 Å². The van der Waals surface area contributed by atoms with E-state index in [1.807, 2.05) is 12.1 Å². The van der Waals surface area contributed by atoms with Crippen LogP contribution in [0.3, 0.4) is 0 Å². The summed E-state index contributed by atoms with van der Waals surface area (Å²) in [5, 5.41) is 4.09. The van der Waals surface area contributed by atoms with Crippen LogP contribution < -0.4 is 5.32 Å². The van der Waals surface area contributed by atoms with Gasteiger partial charge in [-0.25, -0.2) is 18.4 Å². The second-order valence-corrected chi connectivity index (χ2v) is 7.51. The van der Waals surface area contributed by atoms with Gasteiger partial charge in [0.2, 0.25) is 0 Å². The summed E-state index contributed by atoms with van der Waals surface area (Å²) in [6.45, 7) is 0.588. The number of rotatable bonds is 3. The lowest BCUT2D eigenvalue weighted by atomic mass is 10.1. The van der Waals surface area contributed by atoms with Gasteiger partial charge in [0.15, 0.2) is 9.84 Å². The van der Waals surface area contributed by atoms with Gasteiger partial charge in [-0.15, -0.1) is 0 Å². The van der Waals surface area contributed by atoms with Crippen LogP contribution >= 0.6 is 0 Å². The highest BCUT2D eigenvalue weighted by molar-refractivity contribution is 7.91. The van der Waals surface area contributed by atoms with Gasteiger partial charge < -0.3 is 5.32 Å². The Hall–Kier alpha value is -2.54. The van der Waals surface area contributed by atoms with Crippen molar-refractivity contribution in [3.63, 3.8) is 0 Å². The van der Waals surface area contributed by atoms with Gasteiger partial charge in [-0.3, -0.25) is 4.98 Å². The molecule has 3 heterocycles. The van der Waals surface area contributed by atoms with Crippen molar-refractivity contribution in [3.05, 3.63) is 54.1 Å². The summed E-state index contributed by atoms with van der Waals surface area (Å²) >= 11 is 0. The van der Waals surface area contributed by atoms with Crippen LogP contribution in [-0.2, 0) is 22.8 Å². The monoisotopic (exact) mass is 326 g/mol. The molecule has 116 valence electrons. The number of benzene rings is 1. The SMILES string of the molecule is O=S1(=O)CCc2c1ccc1ncnc(NCc3ccncc3)c21. The first kappa shape index (κ1) is 14.1. The van der Waals surface area contributed by atoms with E-state index in [1.54, 1.807) is 24.5 Å². The van der Waals surface area contributed by atoms with Crippen molar-refractivity contribution in [1.29, 1.82) is 0 Å². The van der Waals surface area contributed by atoms with Gasteiger partial charge in [-0.2, -0.15) is 0 Å². The Morgan fingerprint density at radius 2 is 1.91 bits per heavy atom. The lowest BCUT2D eigenvalue weighted by Crippen LogP contribution is -2.04. The lowest BCUT2D eigenvalue weighted by molar-refractivity contribution is 0.600. The zero-order valence-electron chi connectivity index (χ0n) is 12.2. The van der Waals surface area contributed by atoms with Crippen molar-refractivity contribution in [2.24, 2.45) is 0 Å². The van der Waals surface area contributed by atoms with E-state index in [2.05, 4.69) is 20.3 Å². The first-order valence-corrected chi connectivity index (χ1v) is 8.92. The first-order valence-electron chi connectivity index (χ1n) is 7.27. The van der Waals surface area contributed by atoms with E-state index in [0.717, 1.165) is 22.0 Å². The zero-order valence-corrected chi connectivity index (χ0v) is 13.0. The molecule has 0 saturated carbocycles. The Morgan fingerprint density at radius 3 is 2.74 bits per heavy atom. The van der Waals surface area contributed by atoms with Crippen molar-refractivity contribution < 1.29 is 8.42 Å². The molecule has 1 N–H and O–H groups in total. The number of nitrogens with one attached hydrogen (secondary N) is 1. The Labute approximate surface area is 133 Å². The van der Waals surface area contributed by atoms with Gasteiger partial charge in [0.1, 0.15) is 12.1 Å². The summed E-state index contributed by atoms with van der Waals surface area (Å²) in [6.07, 6.45) is 5.47. The topological polar surface area (TPSA) is 84.8 Å². The van der Waals surface area contributed by atoms with Gasteiger partial charge in [-0.1, -0.05) is 0 Å². The Morgan fingerprint density at radius 1 is 1.09 bits per heavy atom. The van der Waals surface area contributed by atoms with Crippen molar-refractivity contribution in [3.8, 4) is 0 Å². The molecule has 1 aliphatic heterocycles. The number of anilines is 1. The summed E-state index contributed by atoms with van der Waals surface area (Å²) in [5.41, 5.74) is 2.65. The maximum absolute atomic E-state index is 12.1. The third-order valence-electron chi connectivity index (χ3n) is 4.03. The minimum atomic E-state index is -3.17. The molecule has 0 radical (unpaired) electrons. The van der Waals surface area contributed by atoms with Gasteiger partial charge in [0.05, 0.1) is 16.2 Å². The molecule has 3 aromatic rings. The van der Waals surface area contributed by atoms with Crippen LogP contribution in [0.15, 0.2) is 47.9 Å². The molecule has 0 saturated heterocycles. The third-order valence-corrected chi connectivity index (χ3v) is 5.83. The van der Waals surface area contributed by atoms with E-state index in [0.29, 0.717) is 23.7 Å². The van der Waals surface area contributed by atoms with Crippen LogP contribution in [-0.4, -0.2) is 29.1 Å². The molecule has 7 heteroatoms. The second-order valence-electron chi connectivity index (χ2n) is 5.44. The van der Waals surface area contributed by atoms with Gasteiger partial charge in [0, 0.05) is 24.3 Å². The molecule has 1 aromatic carbocycles. The number of hydrogen-bond acceptors (Lipinski definition) is 6. The summed E-state index contributed by atoms with van der Waals surface area (Å²) in [4.78, 5) is 13.0. The van der Waals surface area contributed by atoms with Crippen LogP contribution in [0, 0.1) is 0 Å². The molecule has 0 amide bonds. The van der Waals surface area contributed by atoms with Crippen molar-refractivity contribution in [1.82, 2.24) is 15.0 Å². The van der Waals surface area contributed by atoms with Crippen LogP contribution in [0.5, 0.6) is 0 Å². The van der Waals surface area contributed by atoms with Crippen molar-refractivity contribution in [2.45, 2.75) is 17.9 Å². The van der Waals surface area contributed by atoms with E-state index < -0.39 is 9.84 Å².